The van der Waals surface area contributed by atoms with Crippen LogP contribution in [0.2, 0.25) is 0 Å². The highest BCUT2D eigenvalue weighted by molar-refractivity contribution is 7.92. The maximum absolute atomic E-state index is 11.6. The van der Waals surface area contributed by atoms with Gasteiger partial charge in [0.05, 0.1) is 17.6 Å². The van der Waals surface area contributed by atoms with E-state index in [9.17, 15) is 8.42 Å². The van der Waals surface area contributed by atoms with Crippen molar-refractivity contribution in [3.63, 3.8) is 0 Å². The molecule has 1 saturated heterocycles. The van der Waals surface area contributed by atoms with Gasteiger partial charge in [-0.25, -0.2) is 8.42 Å². The Morgan fingerprint density at radius 3 is 2.56 bits per heavy atom. The molecule has 1 heterocycles. The molecule has 16 heavy (non-hydrogen) atoms. The van der Waals surface area contributed by atoms with Crippen LogP contribution in [-0.4, -0.2) is 45.7 Å². The fourth-order valence-electron chi connectivity index (χ4n) is 2.04. The van der Waals surface area contributed by atoms with E-state index in [1.807, 2.05) is 0 Å². The van der Waals surface area contributed by atoms with E-state index >= 15 is 0 Å². The van der Waals surface area contributed by atoms with Crippen LogP contribution in [-0.2, 0) is 14.6 Å². The Kier molecular flexibility index (Phi) is 5.21. The largest absolute Gasteiger partial charge is 0.383 e. The van der Waals surface area contributed by atoms with Gasteiger partial charge in [0, 0.05) is 19.7 Å². The predicted octanol–water partition coefficient (Wildman–Crippen LogP) is 0.824. The molecule has 0 radical (unpaired) electrons. The van der Waals surface area contributed by atoms with E-state index in [0.717, 1.165) is 12.8 Å². The second-order valence-electron chi connectivity index (χ2n) is 4.85. The summed E-state index contributed by atoms with van der Waals surface area (Å²) in [5.74, 6) is 0.805. The van der Waals surface area contributed by atoms with Crippen LogP contribution in [0.3, 0.4) is 0 Å². The molecule has 2 atom stereocenters. The Bertz CT molecular complexity index is 300. The number of nitrogens with one attached hydrogen (secondary N) is 1. The third-order valence-corrected chi connectivity index (χ3v) is 5.50. The molecular formula is C11H23NO3S. The summed E-state index contributed by atoms with van der Waals surface area (Å²) in [4.78, 5) is 0. The minimum Gasteiger partial charge on any atom is -0.383 e. The zero-order valence-corrected chi connectivity index (χ0v) is 11.2. The summed E-state index contributed by atoms with van der Waals surface area (Å²) >= 11 is 0. The van der Waals surface area contributed by atoms with Crippen LogP contribution in [0.15, 0.2) is 0 Å². The van der Waals surface area contributed by atoms with Gasteiger partial charge in [-0.3, -0.25) is 0 Å². The van der Waals surface area contributed by atoms with Gasteiger partial charge in [0.25, 0.3) is 0 Å². The van der Waals surface area contributed by atoms with Crippen LogP contribution in [0, 0.1) is 5.92 Å². The summed E-state index contributed by atoms with van der Waals surface area (Å²) in [6.45, 7) is 5.42. The standard InChI is InChI=1S/C11H23NO3S/c1-9(2)11(8-15-3)12-7-10-5-4-6-16(10,13)14/h9-12H,4-8H2,1-3H3. The van der Waals surface area contributed by atoms with Crippen molar-refractivity contribution in [2.45, 2.75) is 38.0 Å². The maximum atomic E-state index is 11.6. The van der Waals surface area contributed by atoms with Crippen molar-refractivity contribution in [2.24, 2.45) is 5.92 Å². The summed E-state index contributed by atoms with van der Waals surface area (Å²) in [5, 5.41) is 3.12. The average molecular weight is 249 g/mol. The lowest BCUT2D eigenvalue weighted by molar-refractivity contribution is 0.147. The molecule has 1 aliphatic rings. The van der Waals surface area contributed by atoms with Gasteiger partial charge >= 0.3 is 0 Å². The van der Waals surface area contributed by atoms with E-state index in [1.165, 1.54) is 0 Å². The van der Waals surface area contributed by atoms with Crippen molar-refractivity contribution in [1.82, 2.24) is 5.32 Å². The van der Waals surface area contributed by atoms with Gasteiger partial charge in [0.1, 0.15) is 0 Å². The topological polar surface area (TPSA) is 55.4 Å². The Morgan fingerprint density at radius 1 is 1.44 bits per heavy atom. The fourth-order valence-corrected chi connectivity index (χ4v) is 3.82. The lowest BCUT2D eigenvalue weighted by Crippen LogP contribution is -2.42. The maximum Gasteiger partial charge on any atom is 0.154 e. The lowest BCUT2D eigenvalue weighted by atomic mass is 10.1. The van der Waals surface area contributed by atoms with Crippen LogP contribution in [0.1, 0.15) is 26.7 Å². The van der Waals surface area contributed by atoms with E-state index in [1.54, 1.807) is 7.11 Å². The predicted molar refractivity (Wildman–Crippen MR) is 65.3 cm³/mol. The van der Waals surface area contributed by atoms with Gasteiger partial charge in [-0.1, -0.05) is 13.8 Å². The first-order valence-electron chi connectivity index (χ1n) is 5.91. The van der Waals surface area contributed by atoms with Crippen molar-refractivity contribution >= 4 is 9.84 Å². The van der Waals surface area contributed by atoms with Crippen molar-refractivity contribution in [2.75, 3.05) is 26.0 Å². The molecule has 0 aliphatic carbocycles. The molecule has 4 nitrogen and oxygen atoms in total. The SMILES string of the molecule is COCC(NCC1CCCS1(=O)=O)C(C)C. The molecule has 1 aliphatic heterocycles. The zero-order valence-electron chi connectivity index (χ0n) is 10.4. The number of sulfone groups is 1. The van der Waals surface area contributed by atoms with Crippen molar-refractivity contribution in [3.05, 3.63) is 0 Å². The van der Waals surface area contributed by atoms with Crippen molar-refractivity contribution in [1.29, 1.82) is 0 Å². The first kappa shape index (κ1) is 13.9. The van der Waals surface area contributed by atoms with Gasteiger partial charge in [0.15, 0.2) is 9.84 Å². The minimum atomic E-state index is -2.83. The zero-order chi connectivity index (χ0) is 12.2. The molecule has 0 bridgehead atoms. The lowest BCUT2D eigenvalue weighted by Gasteiger charge is -2.23. The first-order chi connectivity index (χ1) is 7.47. The third-order valence-electron chi connectivity index (χ3n) is 3.22. The molecule has 1 N–H and O–H groups in total. The molecule has 5 heteroatoms. The molecule has 1 fully saturated rings. The summed E-state index contributed by atoms with van der Waals surface area (Å²) in [5.41, 5.74) is 0. The van der Waals surface area contributed by atoms with Crippen LogP contribution in [0.4, 0.5) is 0 Å². The molecule has 1 rings (SSSR count). The van der Waals surface area contributed by atoms with Crippen molar-refractivity contribution in [3.8, 4) is 0 Å². The second kappa shape index (κ2) is 5.98. The molecule has 0 spiro atoms. The van der Waals surface area contributed by atoms with E-state index in [2.05, 4.69) is 19.2 Å². The Morgan fingerprint density at radius 2 is 2.12 bits per heavy atom. The van der Waals surface area contributed by atoms with Crippen LogP contribution in [0.25, 0.3) is 0 Å². The molecule has 0 aromatic carbocycles. The Balaban J connectivity index is 2.43. The van der Waals surface area contributed by atoms with E-state index in [4.69, 9.17) is 4.74 Å². The quantitative estimate of drug-likeness (QED) is 0.757. The number of methoxy groups -OCH3 is 1. The monoisotopic (exact) mass is 249 g/mol. The molecule has 2 unspecified atom stereocenters. The van der Waals surface area contributed by atoms with Gasteiger partial charge in [-0.15, -0.1) is 0 Å². The summed E-state index contributed by atoms with van der Waals surface area (Å²) in [6, 6.07) is 0.237. The molecule has 0 saturated carbocycles. The van der Waals surface area contributed by atoms with Crippen LogP contribution >= 0.6 is 0 Å². The van der Waals surface area contributed by atoms with E-state index in [-0.39, 0.29) is 11.3 Å². The summed E-state index contributed by atoms with van der Waals surface area (Å²) in [7, 11) is -1.16. The van der Waals surface area contributed by atoms with Crippen LogP contribution in [0.5, 0.6) is 0 Å². The van der Waals surface area contributed by atoms with Gasteiger partial charge in [-0.05, 0) is 18.8 Å². The number of rotatable bonds is 6. The van der Waals surface area contributed by atoms with Gasteiger partial charge in [-0.2, -0.15) is 0 Å². The first-order valence-corrected chi connectivity index (χ1v) is 7.63. The van der Waals surface area contributed by atoms with E-state index < -0.39 is 9.84 Å². The normalized spacial score (nSPS) is 26.1. The average Bonchev–Trinajstić information content (AvgIpc) is 2.52. The summed E-state index contributed by atoms with van der Waals surface area (Å²) in [6.07, 6.45) is 1.61. The van der Waals surface area contributed by atoms with Gasteiger partial charge < -0.3 is 10.1 Å². The molecule has 0 aromatic rings. The highest BCUT2D eigenvalue weighted by Crippen LogP contribution is 2.19. The van der Waals surface area contributed by atoms with E-state index in [0.29, 0.717) is 24.8 Å². The highest BCUT2D eigenvalue weighted by Gasteiger charge is 2.31. The minimum absolute atomic E-state index is 0.189. The molecule has 0 amide bonds. The van der Waals surface area contributed by atoms with Crippen LogP contribution < -0.4 is 5.32 Å². The second-order valence-corrected chi connectivity index (χ2v) is 7.25. The molecule has 96 valence electrons. The Hall–Kier alpha value is -0.130. The Labute approximate surface area is 98.7 Å². The number of hydrogen-bond donors (Lipinski definition) is 1. The third kappa shape index (κ3) is 3.71. The smallest absolute Gasteiger partial charge is 0.154 e. The molecule has 0 aromatic heterocycles. The van der Waals surface area contributed by atoms with Gasteiger partial charge in [0.2, 0.25) is 0 Å². The molecular weight excluding hydrogens is 226 g/mol. The number of ether oxygens (including phenoxy) is 1. The number of hydrogen-bond acceptors (Lipinski definition) is 4. The summed E-state index contributed by atoms with van der Waals surface area (Å²) < 4.78 is 28.4. The highest BCUT2D eigenvalue weighted by atomic mass is 32.2. The fraction of sp³-hybridized carbons (Fsp3) is 1.00. The van der Waals surface area contributed by atoms with Crippen molar-refractivity contribution < 1.29 is 13.2 Å².